The number of aliphatic hydroxyl groups excluding tert-OH is 1. The van der Waals surface area contributed by atoms with Crippen LogP contribution in [0.2, 0.25) is 0 Å². The Morgan fingerprint density at radius 2 is 1.29 bits per heavy atom. The van der Waals surface area contributed by atoms with Crippen LogP contribution in [0.25, 0.3) is 0 Å². The minimum absolute atomic E-state index is 0.0446. The number of carboxylic acid groups (broad SMARTS) is 2. The second-order valence-corrected chi connectivity index (χ2v) is 13.9. The van der Waals surface area contributed by atoms with Crippen LogP contribution >= 0.6 is 0 Å². The van der Waals surface area contributed by atoms with Gasteiger partial charge in [-0.05, 0) is 75.7 Å². The Balaban J connectivity index is 1.49. The fourth-order valence-electron chi connectivity index (χ4n) is 9.26. The Morgan fingerprint density at radius 1 is 0.762 bits per heavy atom. The maximum Gasteiger partial charge on any atom is 0.303 e. The summed E-state index contributed by atoms with van der Waals surface area (Å²) in [5, 5.41) is 45.3. The zero-order chi connectivity index (χ0) is 30.3. The van der Waals surface area contributed by atoms with Crippen LogP contribution in [0, 0.1) is 23.7 Å². The lowest BCUT2D eigenvalue weighted by atomic mass is 9.80. The highest BCUT2D eigenvalue weighted by Gasteiger charge is 2.47. The van der Waals surface area contributed by atoms with Crippen molar-refractivity contribution in [1.82, 2.24) is 21.3 Å². The first-order valence-electron chi connectivity index (χ1n) is 16.1. The maximum absolute atomic E-state index is 11.6. The number of hydrogen-bond donors (Lipinski definition) is 7. The van der Waals surface area contributed by atoms with Gasteiger partial charge in [-0.25, -0.2) is 0 Å². The summed E-state index contributed by atoms with van der Waals surface area (Å²) in [5.74, 6) is -0.536. The van der Waals surface area contributed by atoms with Crippen molar-refractivity contribution >= 4 is 11.9 Å². The van der Waals surface area contributed by atoms with E-state index in [9.17, 15) is 24.9 Å². The second-order valence-electron chi connectivity index (χ2n) is 13.9. The van der Waals surface area contributed by atoms with E-state index in [0.717, 1.165) is 25.7 Å². The number of hydrogen-bond acceptors (Lipinski definition) is 7. The molecule has 9 heteroatoms. The van der Waals surface area contributed by atoms with Crippen LogP contribution in [0.15, 0.2) is 34.9 Å². The van der Waals surface area contributed by atoms with Crippen LogP contribution < -0.4 is 21.3 Å². The normalized spacial score (nSPS) is 41.9. The maximum atomic E-state index is 11.6. The molecule has 0 amide bonds. The first kappa shape index (κ1) is 31.4. The molecule has 0 saturated carbocycles. The van der Waals surface area contributed by atoms with Gasteiger partial charge in [0.25, 0.3) is 0 Å². The molecule has 0 aromatic carbocycles. The van der Waals surface area contributed by atoms with Crippen molar-refractivity contribution in [3.05, 3.63) is 34.9 Å². The summed E-state index contributed by atoms with van der Waals surface area (Å²) in [4.78, 5) is 23.2. The van der Waals surface area contributed by atoms with Gasteiger partial charge in [0.2, 0.25) is 0 Å². The molecule has 5 heterocycles. The van der Waals surface area contributed by atoms with Crippen molar-refractivity contribution in [3.63, 3.8) is 0 Å². The molecule has 0 aromatic heterocycles. The molecule has 0 aliphatic carbocycles. The summed E-state index contributed by atoms with van der Waals surface area (Å²) in [6.07, 6.45) is 6.92. The van der Waals surface area contributed by atoms with Crippen LogP contribution in [0.5, 0.6) is 0 Å². The molecule has 0 aromatic rings. The van der Waals surface area contributed by atoms with E-state index in [1.807, 2.05) is 6.08 Å². The minimum atomic E-state index is -0.790. The number of rotatable bonds is 8. The Kier molecular flexibility index (Phi) is 9.64. The van der Waals surface area contributed by atoms with Crippen LogP contribution in [-0.2, 0) is 9.59 Å². The van der Waals surface area contributed by atoms with E-state index in [1.165, 1.54) is 22.3 Å². The van der Waals surface area contributed by atoms with Crippen LogP contribution in [-0.4, -0.2) is 82.2 Å². The molecular formula is C33H52N4O5. The second kappa shape index (κ2) is 12.9. The lowest BCUT2D eigenvalue weighted by Gasteiger charge is -2.28. The van der Waals surface area contributed by atoms with Crippen molar-refractivity contribution < 1.29 is 24.9 Å². The zero-order valence-electron chi connectivity index (χ0n) is 25.7. The minimum Gasteiger partial charge on any atom is -0.481 e. The Hall–Kier alpha value is -2.04. The summed E-state index contributed by atoms with van der Waals surface area (Å²) in [6, 6.07) is 1.38. The third kappa shape index (κ3) is 6.13. The standard InChI is InChI=1S/C33H52N4O5/c1-6-20-16(2)24-11-25-17(3)21(7-9-32(39)40)29(35-25)14-30-22(8-10-33(41)42)18(4)26(36-30)13-31-23(15-38)19(5)27(37-31)12-28(20)34-24/h6,17,19,21,23-31,34-38H,1,7-15H2,2-5H3,(H,39,40)(H,41,42). The molecule has 234 valence electrons. The van der Waals surface area contributed by atoms with E-state index in [-0.39, 0.29) is 79.6 Å². The fourth-order valence-corrected chi connectivity index (χ4v) is 9.26. The molecule has 0 radical (unpaired) electrons. The molecule has 5 rings (SSSR count). The summed E-state index contributed by atoms with van der Waals surface area (Å²) < 4.78 is 0. The molecule has 9 nitrogen and oxygen atoms in total. The topological polar surface area (TPSA) is 143 Å². The SMILES string of the molecule is C=CC1=C(C)C2CC3NC(CC4NC(CC5NC(CC1N2)C(C)C5CO)C(C)=C4CCC(=O)O)C(CCC(=O)O)C3C. The predicted molar refractivity (Wildman–Crippen MR) is 163 cm³/mol. The molecule has 42 heavy (non-hydrogen) atoms. The molecule has 5 aliphatic heterocycles. The molecule has 3 saturated heterocycles. The molecule has 7 N–H and O–H groups in total. The van der Waals surface area contributed by atoms with Crippen LogP contribution in [0.4, 0.5) is 0 Å². The lowest BCUT2D eigenvalue weighted by Crippen LogP contribution is -2.46. The van der Waals surface area contributed by atoms with Crippen LogP contribution in [0.1, 0.15) is 79.1 Å². The van der Waals surface area contributed by atoms with Crippen molar-refractivity contribution in [1.29, 1.82) is 0 Å². The molecule has 12 atom stereocenters. The number of fused-ring (bicyclic) bond motifs is 8. The summed E-state index contributed by atoms with van der Waals surface area (Å²) in [7, 11) is 0. The van der Waals surface area contributed by atoms with E-state index < -0.39 is 11.9 Å². The average Bonchev–Trinajstić information content (AvgIpc) is 3.59. The van der Waals surface area contributed by atoms with E-state index in [4.69, 9.17) is 0 Å². The van der Waals surface area contributed by atoms with E-state index in [0.29, 0.717) is 24.7 Å². The molecule has 12 unspecified atom stereocenters. The molecule has 8 bridgehead atoms. The molecule has 5 aliphatic rings. The summed E-state index contributed by atoms with van der Waals surface area (Å²) in [6.45, 7) is 13.2. The average molecular weight is 585 g/mol. The number of carboxylic acids is 2. The monoisotopic (exact) mass is 584 g/mol. The number of aliphatic hydroxyl groups is 1. The first-order chi connectivity index (χ1) is 20.0. The lowest BCUT2D eigenvalue weighted by molar-refractivity contribution is -0.138. The number of carbonyl (C=O) groups is 2. The van der Waals surface area contributed by atoms with Crippen molar-refractivity contribution in [3.8, 4) is 0 Å². The van der Waals surface area contributed by atoms with Crippen LogP contribution in [0.3, 0.4) is 0 Å². The number of aliphatic carboxylic acids is 2. The fraction of sp³-hybridized carbons (Fsp3) is 0.758. The first-order valence-corrected chi connectivity index (χ1v) is 16.1. The predicted octanol–water partition coefficient (Wildman–Crippen LogP) is 2.97. The zero-order valence-corrected chi connectivity index (χ0v) is 25.7. The highest BCUT2D eigenvalue weighted by Crippen LogP contribution is 2.42. The summed E-state index contributed by atoms with van der Waals surface area (Å²) >= 11 is 0. The molecule has 0 spiro atoms. The highest BCUT2D eigenvalue weighted by molar-refractivity contribution is 5.67. The molecule has 3 fully saturated rings. The third-order valence-corrected chi connectivity index (χ3v) is 11.8. The van der Waals surface area contributed by atoms with Crippen molar-refractivity contribution in [2.24, 2.45) is 23.7 Å². The highest BCUT2D eigenvalue weighted by atomic mass is 16.4. The van der Waals surface area contributed by atoms with Gasteiger partial charge >= 0.3 is 11.9 Å². The number of nitrogens with one attached hydrogen (secondary N) is 4. The Bertz CT molecular complexity index is 1120. The van der Waals surface area contributed by atoms with Gasteiger partial charge in [0.15, 0.2) is 0 Å². The van der Waals surface area contributed by atoms with Gasteiger partial charge in [-0.3, -0.25) is 9.59 Å². The van der Waals surface area contributed by atoms with Gasteiger partial charge in [-0.1, -0.05) is 43.2 Å². The smallest absolute Gasteiger partial charge is 0.303 e. The van der Waals surface area contributed by atoms with Gasteiger partial charge in [-0.2, -0.15) is 0 Å². The van der Waals surface area contributed by atoms with Gasteiger partial charge < -0.3 is 36.6 Å². The quantitative estimate of drug-likeness (QED) is 0.214. The van der Waals surface area contributed by atoms with Gasteiger partial charge in [-0.15, -0.1) is 0 Å². The van der Waals surface area contributed by atoms with E-state index in [1.54, 1.807) is 0 Å². The third-order valence-electron chi connectivity index (χ3n) is 11.8. The van der Waals surface area contributed by atoms with Crippen molar-refractivity contribution in [2.75, 3.05) is 6.61 Å². The van der Waals surface area contributed by atoms with Gasteiger partial charge in [0.05, 0.1) is 0 Å². The molecular weight excluding hydrogens is 532 g/mol. The van der Waals surface area contributed by atoms with Gasteiger partial charge in [0, 0.05) is 73.7 Å². The Morgan fingerprint density at radius 3 is 1.90 bits per heavy atom. The Labute approximate surface area is 250 Å². The van der Waals surface area contributed by atoms with E-state index in [2.05, 4.69) is 55.5 Å². The van der Waals surface area contributed by atoms with E-state index >= 15 is 0 Å². The van der Waals surface area contributed by atoms with Crippen molar-refractivity contribution in [2.45, 2.75) is 127 Å². The largest absolute Gasteiger partial charge is 0.481 e. The van der Waals surface area contributed by atoms with Gasteiger partial charge in [0.1, 0.15) is 0 Å². The summed E-state index contributed by atoms with van der Waals surface area (Å²) in [5.41, 5.74) is 5.06.